The number of aromatic nitrogens is 9. The minimum Gasteiger partial charge on any atom is -0.456 e. The van der Waals surface area contributed by atoms with Crippen molar-refractivity contribution < 1.29 is 4.42 Å². The lowest BCUT2D eigenvalue weighted by atomic mass is 10.1. The fourth-order valence-corrected chi connectivity index (χ4v) is 14.6. The maximum Gasteiger partial charge on any atom is 0.241 e. The van der Waals surface area contributed by atoms with Gasteiger partial charge in [0, 0.05) is 16.0 Å². The van der Waals surface area contributed by atoms with Gasteiger partial charge < -0.3 is 4.42 Å². The van der Waals surface area contributed by atoms with Gasteiger partial charge in [0.05, 0.1) is 44.1 Å². The number of imidazole rings is 4. The van der Waals surface area contributed by atoms with Gasteiger partial charge >= 0.3 is 0 Å². The number of furan rings is 1. The Labute approximate surface area is 364 Å². The lowest BCUT2D eigenvalue weighted by Gasteiger charge is -2.32. The average molecular weight is 840 g/mol. The molecule has 11 heteroatoms. The maximum absolute atomic E-state index is 6.98. The molecule has 6 aromatic heterocycles. The predicted octanol–water partition coefficient (Wildman–Crippen LogP) is 8.64. The van der Waals surface area contributed by atoms with Gasteiger partial charge in [0.1, 0.15) is 16.6 Å². The van der Waals surface area contributed by atoms with Gasteiger partial charge in [0.2, 0.25) is 31.5 Å². The first-order chi connectivity index (χ1) is 31.8. The van der Waals surface area contributed by atoms with Gasteiger partial charge in [-0.15, -0.1) is 0 Å². The van der Waals surface area contributed by atoms with Crippen LogP contribution in [0.2, 0.25) is 0 Å². The second-order valence-corrected chi connectivity index (χ2v) is 19.8. The number of benzene rings is 8. The minimum absolute atomic E-state index is 0.439. The third-order valence-electron chi connectivity index (χ3n) is 12.8. The molecule has 0 aliphatic carbocycles. The molecule has 10 nitrogen and oxygen atoms in total. The van der Waals surface area contributed by atoms with E-state index in [1.807, 2.05) is 36.4 Å². The molecular weight excluding hydrogens is 807 g/mol. The molecule has 0 radical (unpaired) electrons. The summed E-state index contributed by atoms with van der Waals surface area (Å²) < 4.78 is 15.6. The number of rotatable bonds is 6. The van der Waals surface area contributed by atoms with Crippen LogP contribution in [-0.4, -0.2) is 50.9 Å². The molecule has 0 atom stereocenters. The molecule has 0 aliphatic heterocycles. The summed E-state index contributed by atoms with van der Waals surface area (Å²) in [5.74, 6) is 2.28. The number of fused-ring (bicyclic) bond motifs is 13. The van der Waals surface area contributed by atoms with Gasteiger partial charge in [0.15, 0.2) is 0 Å². The summed E-state index contributed by atoms with van der Waals surface area (Å²) in [6.45, 7) is 0. The van der Waals surface area contributed by atoms with Crippen LogP contribution < -0.4 is 21.0 Å². The Kier molecular flexibility index (Phi) is 7.20. The van der Waals surface area contributed by atoms with Gasteiger partial charge in [-0.05, 0) is 65.0 Å². The molecule has 0 amide bonds. The van der Waals surface area contributed by atoms with Crippen LogP contribution >= 0.6 is 0 Å². The van der Waals surface area contributed by atoms with Gasteiger partial charge in [-0.3, -0.25) is 8.80 Å². The lowest BCUT2D eigenvalue weighted by Crippen LogP contribution is -2.76. The zero-order valence-electron chi connectivity index (χ0n) is 34.0. The van der Waals surface area contributed by atoms with E-state index < -0.39 is 8.07 Å². The van der Waals surface area contributed by atoms with Gasteiger partial charge in [-0.2, -0.15) is 4.98 Å². The van der Waals surface area contributed by atoms with Crippen molar-refractivity contribution in [1.29, 1.82) is 0 Å². The van der Waals surface area contributed by atoms with E-state index in [0.29, 0.717) is 28.9 Å². The highest BCUT2D eigenvalue weighted by Crippen LogP contribution is 2.32. The molecule has 300 valence electrons. The topological polar surface area (TPSA) is 96.3 Å². The summed E-state index contributed by atoms with van der Waals surface area (Å²) in [5.41, 5.74) is 9.84. The van der Waals surface area contributed by atoms with Crippen molar-refractivity contribution in [2.24, 2.45) is 0 Å². The van der Waals surface area contributed by atoms with Crippen LogP contribution in [0, 0.1) is 0 Å². The molecule has 0 unspecified atom stereocenters. The van der Waals surface area contributed by atoms with E-state index in [1.54, 1.807) is 0 Å². The van der Waals surface area contributed by atoms with Crippen molar-refractivity contribution >= 4 is 107 Å². The Hall–Kier alpha value is -8.67. The zero-order chi connectivity index (χ0) is 41.9. The maximum atomic E-state index is 6.98. The van der Waals surface area contributed by atoms with Crippen molar-refractivity contribution in [3.63, 3.8) is 0 Å². The van der Waals surface area contributed by atoms with E-state index in [9.17, 15) is 0 Å². The van der Waals surface area contributed by atoms with Crippen molar-refractivity contribution in [3.8, 4) is 11.9 Å². The van der Waals surface area contributed by atoms with Crippen molar-refractivity contribution in [3.05, 3.63) is 200 Å². The van der Waals surface area contributed by atoms with E-state index in [2.05, 4.69) is 182 Å². The van der Waals surface area contributed by atoms with Crippen molar-refractivity contribution in [2.75, 3.05) is 0 Å². The highest BCUT2D eigenvalue weighted by molar-refractivity contribution is 7.20. The number of hydrogen-bond donors (Lipinski definition) is 0. The van der Waals surface area contributed by atoms with E-state index in [4.69, 9.17) is 29.3 Å². The molecule has 0 N–H and O–H groups in total. The third kappa shape index (κ3) is 4.70. The summed E-state index contributed by atoms with van der Waals surface area (Å²) in [6.07, 6.45) is 0. The molecule has 6 heterocycles. The Bertz CT molecular complexity index is 3960. The van der Waals surface area contributed by atoms with E-state index in [-0.39, 0.29) is 0 Å². The standard InChI is InChI=1S/C53H33N9OSi/c1-3-18-34(19-4-1)64(35-20-5-2-6-21-35,47-33-17-23-37-36-22-7-16-32-46(36)63-48(37)47)51-57-49(61-44-30-14-12-28-42(44)59-40-26-10-8-24-38(40)54-52(59)61)56-50(58-51)62-45-31-15-13-29-43(45)60-41-27-11-9-25-39(41)55-53(60)62/h1-33H. The molecule has 0 aliphatic rings. The first-order valence-corrected chi connectivity index (χ1v) is 23.3. The van der Waals surface area contributed by atoms with E-state index >= 15 is 0 Å². The van der Waals surface area contributed by atoms with Crippen LogP contribution in [0.4, 0.5) is 0 Å². The lowest BCUT2D eigenvalue weighted by molar-refractivity contribution is 0.671. The smallest absolute Gasteiger partial charge is 0.241 e. The van der Waals surface area contributed by atoms with E-state index in [0.717, 1.165) is 81.6 Å². The first-order valence-electron chi connectivity index (χ1n) is 21.3. The Balaban J connectivity index is 1.20. The molecule has 8 aromatic carbocycles. The molecule has 0 bridgehead atoms. The van der Waals surface area contributed by atoms with Crippen LogP contribution in [0.5, 0.6) is 0 Å². The number of para-hydroxylation sites is 10. The molecular formula is C53H33N9OSi. The molecule has 0 spiro atoms. The molecule has 14 aromatic rings. The second-order valence-electron chi connectivity index (χ2n) is 16.1. The molecule has 0 saturated heterocycles. The van der Waals surface area contributed by atoms with E-state index in [1.165, 1.54) is 0 Å². The van der Waals surface area contributed by atoms with Gasteiger partial charge in [0.25, 0.3) is 0 Å². The fourth-order valence-electron chi connectivity index (χ4n) is 10.1. The van der Waals surface area contributed by atoms with Crippen molar-refractivity contribution in [2.45, 2.75) is 0 Å². The number of hydrogen-bond acceptors (Lipinski definition) is 6. The second kappa shape index (κ2) is 13.2. The summed E-state index contributed by atoms with van der Waals surface area (Å²) >= 11 is 0. The van der Waals surface area contributed by atoms with Crippen LogP contribution in [0.1, 0.15) is 0 Å². The number of nitrogens with zero attached hydrogens (tertiary/aromatic N) is 9. The van der Waals surface area contributed by atoms with Crippen LogP contribution in [0.15, 0.2) is 205 Å². The summed E-state index contributed by atoms with van der Waals surface area (Å²) in [6, 6.07) is 69.4. The summed E-state index contributed by atoms with van der Waals surface area (Å²) in [7, 11) is -3.59. The van der Waals surface area contributed by atoms with Crippen LogP contribution in [0.3, 0.4) is 0 Å². The summed E-state index contributed by atoms with van der Waals surface area (Å²) in [4.78, 5) is 27.7. The quantitative estimate of drug-likeness (QED) is 0.123. The Morgan fingerprint density at radius 2 is 0.812 bits per heavy atom. The predicted molar refractivity (Wildman–Crippen MR) is 257 cm³/mol. The van der Waals surface area contributed by atoms with Crippen LogP contribution in [-0.2, 0) is 0 Å². The monoisotopic (exact) mass is 839 g/mol. The van der Waals surface area contributed by atoms with Gasteiger partial charge in [-0.25, -0.2) is 29.1 Å². The third-order valence-corrected chi connectivity index (χ3v) is 17.3. The molecule has 0 fully saturated rings. The Morgan fingerprint density at radius 3 is 1.38 bits per heavy atom. The Morgan fingerprint density at radius 1 is 0.359 bits per heavy atom. The highest BCUT2D eigenvalue weighted by Gasteiger charge is 2.48. The normalized spacial score (nSPS) is 12.4. The molecule has 14 rings (SSSR count). The molecule has 64 heavy (non-hydrogen) atoms. The summed E-state index contributed by atoms with van der Waals surface area (Å²) in [5, 5.41) is 5.32. The average Bonchev–Trinajstić information content (AvgIpc) is 4.16. The first kappa shape index (κ1) is 35.0. The zero-order valence-corrected chi connectivity index (χ0v) is 35.0. The van der Waals surface area contributed by atoms with Crippen LogP contribution in [0.25, 0.3) is 89.5 Å². The largest absolute Gasteiger partial charge is 0.456 e. The fraction of sp³-hybridized carbons (Fsp3) is 0. The van der Waals surface area contributed by atoms with Gasteiger partial charge in [-0.1, -0.05) is 146 Å². The molecule has 0 saturated carbocycles. The SMILES string of the molecule is c1ccc([Si](c2ccccc2)(c2nc(-n3c4ccccc4n4c5ccccc5nc34)nc(-n3c4ccccc4n4c5ccccc5nc34)n2)c2cccc3c2oc2ccccc23)cc1. The van der Waals surface area contributed by atoms with Crippen molar-refractivity contribution in [1.82, 2.24) is 42.9 Å². The minimum atomic E-state index is -3.59. The highest BCUT2D eigenvalue weighted by atomic mass is 28.3.